The van der Waals surface area contributed by atoms with Gasteiger partial charge in [-0.2, -0.15) is 0 Å². The first-order chi connectivity index (χ1) is 10.2. The van der Waals surface area contributed by atoms with Crippen molar-refractivity contribution in [2.45, 2.75) is 19.3 Å². The van der Waals surface area contributed by atoms with Crippen LogP contribution < -0.4 is 4.90 Å². The van der Waals surface area contributed by atoms with Crippen LogP contribution in [-0.4, -0.2) is 43.1 Å². The molecule has 3 heterocycles. The fourth-order valence-electron chi connectivity index (χ4n) is 4.07. The lowest BCUT2D eigenvalue weighted by Gasteiger charge is -2.40. The monoisotopic (exact) mass is 281 g/mol. The number of likely N-dealkylation sites (tertiary alicyclic amines) is 1. The Morgan fingerprint density at radius 2 is 1.81 bits per heavy atom. The molecule has 0 unspecified atom stereocenters. The predicted octanol–water partition coefficient (Wildman–Crippen LogP) is 3.16. The van der Waals surface area contributed by atoms with Crippen LogP contribution >= 0.6 is 0 Å². The number of benzene rings is 1. The molecule has 0 atom stereocenters. The molecule has 4 rings (SSSR count). The number of pyridine rings is 1. The molecule has 1 aromatic carbocycles. The van der Waals surface area contributed by atoms with Crippen molar-refractivity contribution in [1.29, 1.82) is 0 Å². The van der Waals surface area contributed by atoms with E-state index in [-0.39, 0.29) is 0 Å². The number of anilines is 1. The number of hydrogen-bond donors (Lipinski definition) is 0. The van der Waals surface area contributed by atoms with Crippen LogP contribution in [0.5, 0.6) is 0 Å². The van der Waals surface area contributed by atoms with Gasteiger partial charge in [-0.3, -0.25) is 4.98 Å². The van der Waals surface area contributed by atoms with Gasteiger partial charge in [-0.15, -0.1) is 0 Å². The lowest BCUT2D eigenvalue weighted by atomic mass is 9.77. The van der Waals surface area contributed by atoms with Crippen LogP contribution in [0.3, 0.4) is 0 Å². The van der Waals surface area contributed by atoms with Crippen LogP contribution in [0.15, 0.2) is 36.7 Å². The summed E-state index contributed by atoms with van der Waals surface area (Å²) in [5, 5.41) is 2.52. The van der Waals surface area contributed by atoms with Crippen molar-refractivity contribution in [3.05, 3.63) is 36.7 Å². The van der Waals surface area contributed by atoms with Gasteiger partial charge >= 0.3 is 0 Å². The van der Waals surface area contributed by atoms with Gasteiger partial charge in [0.05, 0.1) is 0 Å². The van der Waals surface area contributed by atoms with E-state index in [0.29, 0.717) is 5.41 Å². The first-order valence-corrected chi connectivity index (χ1v) is 8.02. The van der Waals surface area contributed by atoms with E-state index in [1.807, 2.05) is 12.4 Å². The number of fused-ring (bicyclic) bond motifs is 1. The van der Waals surface area contributed by atoms with Crippen molar-refractivity contribution in [2.24, 2.45) is 5.41 Å². The average Bonchev–Trinajstić information content (AvgIpc) is 2.88. The molecule has 1 spiro atoms. The van der Waals surface area contributed by atoms with E-state index in [0.717, 1.165) is 0 Å². The van der Waals surface area contributed by atoms with E-state index < -0.39 is 0 Å². The molecular weight excluding hydrogens is 258 g/mol. The Bertz CT molecular complexity index is 644. The first-order valence-electron chi connectivity index (χ1n) is 8.02. The fourth-order valence-corrected chi connectivity index (χ4v) is 4.07. The number of rotatable bonds is 1. The van der Waals surface area contributed by atoms with Gasteiger partial charge in [-0.1, -0.05) is 6.07 Å². The van der Waals surface area contributed by atoms with Crippen molar-refractivity contribution in [3.63, 3.8) is 0 Å². The molecule has 2 aliphatic rings. The first kappa shape index (κ1) is 13.1. The summed E-state index contributed by atoms with van der Waals surface area (Å²) in [6.07, 6.45) is 7.89. The third-order valence-electron chi connectivity index (χ3n) is 5.44. The zero-order valence-electron chi connectivity index (χ0n) is 12.8. The third kappa shape index (κ3) is 2.40. The van der Waals surface area contributed by atoms with Crippen LogP contribution in [-0.2, 0) is 0 Å². The molecule has 1 aromatic heterocycles. The van der Waals surface area contributed by atoms with Crippen LogP contribution in [0.2, 0.25) is 0 Å². The Balaban J connectivity index is 1.52. The quantitative estimate of drug-likeness (QED) is 0.800. The van der Waals surface area contributed by atoms with E-state index in [2.05, 4.69) is 46.1 Å². The topological polar surface area (TPSA) is 19.4 Å². The zero-order chi connectivity index (χ0) is 14.3. The van der Waals surface area contributed by atoms with E-state index in [9.17, 15) is 0 Å². The van der Waals surface area contributed by atoms with E-state index in [4.69, 9.17) is 0 Å². The molecule has 2 aliphatic heterocycles. The number of piperidine rings is 1. The average molecular weight is 281 g/mol. The van der Waals surface area contributed by atoms with Crippen LogP contribution in [0.25, 0.3) is 10.8 Å². The van der Waals surface area contributed by atoms with Gasteiger partial charge in [0, 0.05) is 43.1 Å². The number of nitrogens with zero attached hydrogens (tertiary/aromatic N) is 3. The van der Waals surface area contributed by atoms with Crippen molar-refractivity contribution >= 4 is 16.5 Å². The molecule has 3 nitrogen and oxygen atoms in total. The standard InChI is InChI=1S/C18H23N3/c1-20-9-5-18(14-20)6-10-21(11-7-18)17-3-2-16-13-19-8-4-15(16)12-17/h2-4,8,12-13H,5-7,9-11,14H2,1H3. The summed E-state index contributed by atoms with van der Waals surface area (Å²) in [6, 6.07) is 8.88. The second kappa shape index (κ2) is 4.99. The molecule has 0 bridgehead atoms. The van der Waals surface area contributed by atoms with Crippen LogP contribution in [0.1, 0.15) is 19.3 Å². The van der Waals surface area contributed by atoms with E-state index in [1.54, 1.807) is 0 Å². The molecule has 2 saturated heterocycles. The van der Waals surface area contributed by atoms with Gasteiger partial charge in [0.25, 0.3) is 0 Å². The van der Waals surface area contributed by atoms with Crippen molar-refractivity contribution in [1.82, 2.24) is 9.88 Å². The van der Waals surface area contributed by atoms with Gasteiger partial charge < -0.3 is 9.80 Å². The molecule has 2 aromatic rings. The second-order valence-corrected chi connectivity index (χ2v) is 6.88. The number of aromatic nitrogens is 1. The van der Waals surface area contributed by atoms with Gasteiger partial charge in [0.2, 0.25) is 0 Å². The van der Waals surface area contributed by atoms with Crippen molar-refractivity contribution in [3.8, 4) is 0 Å². The van der Waals surface area contributed by atoms with E-state index in [1.165, 1.54) is 61.9 Å². The SMILES string of the molecule is CN1CCC2(CCN(c3ccc4cnccc4c3)CC2)C1. The lowest BCUT2D eigenvalue weighted by Crippen LogP contribution is -2.41. The van der Waals surface area contributed by atoms with Crippen molar-refractivity contribution < 1.29 is 0 Å². The summed E-state index contributed by atoms with van der Waals surface area (Å²) in [5.41, 5.74) is 1.97. The molecule has 21 heavy (non-hydrogen) atoms. The van der Waals surface area contributed by atoms with Gasteiger partial charge in [0.1, 0.15) is 0 Å². The molecule has 0 aliphatic carbocycles. The summed E-state index contributed by atoms with van der Waals surface area (Å²) in [7, 11) is 2.26. The highest BCUT2D eigenvalue weighted by Crippen LogP contribution is 2.40. The second-order valence-electron chi connectivity index (χ2n) is 6.88. The summed E-state index contributed by atoms with van der Waals surface area (Å²) in [6.45, 7) is 4.97. The Morgan fingerprint density at radius 3 is 2.57 bits per heavy atom. The van der Waals surface area contributed by atoms with Crippen LogP contribution in [0.4, 0.5) is 5.69 Å². The largest absolute Gasteiger partial charge is 0.371 e. The lowest BCUT2D eigenvalue weighted by molar-refractivity contribution is 0.222. The van der Waals surface area contributed by atoms with Gasteiger partial charge in [-0.05, 0) is 61.9 Å². The summed E-state index contributed by atoms with van der Waals surface area (Å²) in [5.74, 6) is 0. The third-order valence-corrected chi connectivity index (χ3v) is 5.44. The highest BCUT2D eigenvalue weighted by Gasteiger charge is 2.39. The summed E-state index contributed by atoms with van der Waals surface area (Å²) >= 11 is 0. The van der Waals surface area contributed by atoms with Crippen LogP contribution in [0, 0.1) is 5.41 Å². The van der Waals surface area contributed by atoms with Gasteiger partial charge in [0.15, 0.2) is 0 Å². The van der Waals surface area contributed by atoms with E-state index >= 15 is 0 Å². The predicted molar refractivity (Wildman–Crippen MR) is 87.7 cm³/mol. The normalized spacial score (nSPS) is 22.2. The molecule has 2 fully saturated rings. The van der Waals surface area contributed by atoms with Gasteiger partial charge in [-0.25, -0.2) is 0 Å². The molecule has 0 amide bonds. The Kier molecular flexibility index (Phi) is 3.11. The number of hydrogen-bond acceptors (Lipinski definition) is 3. The Labute approximate surface area is 126 Å². The maximum atomic E-state index is 4.19. The maximum Gasteiger partial charge on any atom is 0.0372 e. The minimum atomic E-state index is 0.603. The zero-order valence-corrected chi connectivity index (χ0v) is 12.8. The van der Waals surface area contributed by atoms with Crippen molar-refractivity contribution in [2.75, 3.05) is 38.1 Å². The Morgan fingerprint density at radius 1 is 1.00 bits per heavy atom. The molecule has 3 heteroatoms. The smallest absolute Gasteiger partial charge is 0.0372 e. The maximum absolute atomic E-state index is 4.19. The molecule has 0 radical (unpaired) electrons. The highest BCUT2D eigenvalue weighted by atomic mass is 15.2. The molecular formula is C18H23N3. The Hall–Kier alpha value is -1.61. The summed E-state index contributed by atoms with van der Waals surface area (Å²) < 4.78 is 0. The summed E-state index contributed by atoms with van der Waals surface area (Å²) in [4.78, 5) is 9.25. The highest BCUT2D eigenvalue weighted by molar-refractivity contribution is 5.85. The molecule has 110 valence electrons. The minimum Gasteiger partial charge on any atom is -0.371 e. The molecule has 0 saturated carbocycles. The fraction of sp³-hybridized carbons (Fsp3) is 0.500. The molecule has 0 N–H and O–H groups in total. The minimum absolute atomic E-state index is 0.603.